The molecule has 4 aromatic rings. The van der Waals surface area contributed by atoms with Crippen molar-refractivity contribution in [3.8, 4) is 0 Å². The molecular weight excluding hydrogens is 364 g/mol. The van der Waals surface area contributed by atoms with E-state index in [4.69, 9.17) is 10.2 Å². The topological polar surface area (TPSA) is 35.6 Å². The van der Waals surface area contributed by atoms with Crippen LogP contribution in [0.25, 0.3) is 0 Å². The van der Waals surface area contributed by atoms with Crippen molar-refractivity contribution in [3.05, 3.63) is 95.1 Å². The summed E-state index contributed by atoms with van der Waals surface area (Å²) >= 11 is 1.77. The van der Waals surface area contributed by atoms with Crippen molar-refractivity contribution in [2.24, 2.45) is 0 Å². The predicted molar refractivity (Wildman–Crippen MR) is 114 cm³/mol. The minimum Gasteiger partial charge on any atom is -0.240 e. The number of nitrogens with zero attached hydrogens (tertiary/aromatic N) is 4. The van der Waals surface area contributed by atoms with Crippen LogP contribution in [-0.4, -0.2) is 19.6 Å². The second kappa shape index (κ2) is 7.68. The first-order valence-corrected chi connectivity index (χ1v) is 10.2. The second-order valence-corrected chi connectivity index (χ2v) is 8.19. The molecule has 2 aromatic carbocycles. The van der Waals surface area contributed by atoms with Gasteiger partial charge in [-0.1, -0.05) is 48.2 Å². The fraction of sp³-hybridized carbons (Fsp3) is 0.217. The van der Waals surface area contributed by atoms with Gasteiger partial charge in [0.1, 0.15) is 0 Å². The highest BCUT2D eigenvalue weighted by Gasteiger charge is 2.24. The van der Waals surface area contributed by atoms with Crippen LogP contribution < -0.4 is 0 Å². The van der Waals surface area contributed by atoms with Gasteiger partial charge in [0.25, 0.3) is 0 Å². The van der Waals surface area contributed by atoms with Crippen molar-refractivity contribution in [2.75, 3.05) is 0 Å². The van der Waals surface area contributed by atoms with Crippen molar-refractivity contribution in [3.63, 3.8) is 0 Å². The SMILES string of the molecule is Cc1cc(C)n(C(c2ccccc2Sc2ccccc2)n2nc(C)cc2C)n1. The van der Waals surface area contributed by atoms with Gasteiger partial charge in [-0.25, -0.2) is 9.36 Å². The highest BCUT2D eigenvalue weighted by Crippen LogP contribution is 2.36. The zero-order valence-corrected chi connectivity index (χ0v) is 17.4. The molecule has 142 valence electrons. The van der Waals surface area contributed by atoms with E-state index in [0.29, 0.717) is 0 Å². The Morgan fingerprint density at radius 2 is 1.25 bits per heavy atom. The molecule has 0 N–H and O–H groups in total. The van der Waals surface area contributed by atoms with E-state index in [1.165, 1.54) is 15.4 Å². The van der Waals surface area contributed by atoms with Crippen LogP contribution in [0.5, 0.6) is 0 Å². The first-order chi connectivity index (χ1) is 13.5. The Morgan fingerprint density at radius 3 is 1.79 bits per heavy atom. The smallest absolute Gasteiger partial charge is 0.170 e. The Balaban J connectivity index is 1.88. The lowest BCUT2D eigenvalue weighted by Gasteiger charge is -2.24. The first-order valence-electron chi connectivity index (χ1n) is 9.40. The second-order valence-electron chi connectivity index (χ2n) is 7.07. The largest absolute Gasteiger partial charge is 0.240 e. The number of hydrogen-bond acceptors (Lipinski definition) is 3. The molecule has 0 amide bonds. The fourth-order valence-corrected chi connectivity index (χ4v) is 4.54. The van der Waals surface area contributed by atoms with Gasteiger partial charge < -0.3 is 0 Å². The van der Waals surface area contributed by atoms with Gasteiger partial charge in [0.2, 0.25) is 0 Å². The lowest BCUT2D eigenvalue weighted by atomic mass is 10.1. The van der Waals surface area contributed by atoms with Crippen molar-refractivity contribution in [1.29, 1.82) is 0 Å². The van der Waals surface area contributed by atoms with Crippen LogP contribution in [0.4, 0.5) is 0 Å². The Bertz CT molecular complexity index is 1050. The summed E-state index contributed by atoms with van der Waals surface area (Å²) in [6.07, 6.45) is -0.130. The van der Waals surface area contributed by atoms with Gasteiger partial charge in [0.05, 0.1) is 11.4 Å². The third-order valence-electron chi connectivity index (χ3n) is 4.72. The van der Waals surface area contributed by atoms with Crippen LogP contribution >= 0.6 is 11.8 Å². The number of hydrogen-bond donors (Lipinski definition) is 0. The molecule has 0 bridgehead atoms. The molecule has 4 nitrogen and oxygen atoms in total. The molecule has 2 aromatic heterocycles. The molecule has 0 fully saturated rings. The summed E-state index contributed by atoms with van der Waals surface area (Å²) in [5, 5.41) is 9.62. The van der Waals surface area contributed by atoms with Gasteiger partial charge in [0, 0.05) is 26.7 Å². The lowest BCUT2D eigenvalue weighted by molar-refractivity contribution is 0.396. The molecule has 28 heavy (non-hydrogen) atoms. The van der Waals surface area contributed by atoms with E-state index in [1.54, 1.807) is 11.8 Å². The molecule has 2 heterocycles. The summed E-state index contributed by atoms with van der Waals surface area (Å²) in [5.41, 5.74) is 5.45. The van der Waals surface area contributed by atoms with Gasteiger partial charge in [-0.15, -0.1) is 0 Å². The van der Waals surface area contributed by atoms with E-state index < -0.39 is 0 Å². The average Bonchev–Trinajstić information content (AvgIpc) is 3.18. The van der Waals surface area contributed by atoms with Crippen LogP contribution in [-0.2, 0) is 0 Å². The van der Waals surface area contributed by atoms with Gasteiger partial charge in [0.15, 0.2) is 6.17 Å². The molecular formula is C23H24N4S. The molecule has 0 saturated carbocycles. The maximum Gasteiger partial charge on any atom is 0.170 e. The third-order valence-corrected chi connectivity index (χ3v) is 5.82. The minimum absolute atomic E-state index is 0.130. The average molecular weight is 389 g/mol. The van der Waals surface area contributed by atoms with Crippen LogP contribution in [0.1, 0.15) is 34.5 Å². The lowest BCUT2D eigenvalue weighted by Crippen LogP contribution is -2.24. The summed E-state index contributed by atoms with van der Waals surface area (Å²) in [7, 11) is 0. The van der Waals surface area contributed by atoms with Gasteiger partial charge >= 0.3 is 0 Å². The van der Waals surface area contributed by atoms with Gasteiger partial charge in [-0.3, -0.25) is 0 Å². The normalized spacial score (nSPS) is 11.3. The highest BCUT2D eigenvalue weighted by molar-refractivity contribution is 7.99. The van der Waals surface area contributed by atoms with Crippen molar-refractivity contribution in [2.45, 2.75) is 43.7 Å². The van der Waals surface area contributed by atoms with E-state index in [9.17, 15) is 0 Å². The van der Waals surface area contributed by atoms with E-state index in [1.807, 2.05) is 19.9 Å². The zero-order valence-electron chi connectivity index (χ0n) is 16.6. The number of rotatable bonds is 5. The molecule has 0 aliphatic rings. The maximum absolute atomic E-state index is 4.81. The minimum atomic E-state index is -0.130. The Kier molecular flexibility index (Phi) is 5.09. The number of benzene rings is 2. The van der Waals surface area contributed by atoms with Gasteiger partial charge in [-0.2, -0.15) is 10.2 Å². The van der Waals surface area contributed by atoms with E-state index in [-0.39, 0.29) is 6.17 Å². The molecule has 0 saturated heterocycles. The standard InChI is InChI=1S/C23H24N4S/c1-16-14-18(3)26(24-16)23(27-19(4)15-17(2)25-27)21-12-8-9-13-22(21)28-20-10-6-5-7-11-20/h5-15,23H,1-4H3. The van der Waals surface area contributed by atoms with Crippen LogP contribution in [0, 0.1) is 27.7 Å². The van der Waals surface area contributed by atoms with Crippen LogP contribution in [0.3, 0.4) is 0 Å². The summed E-state index contributed by atoms with van der Waals surface area (Å²) in [6, 6.07) is 23.3. The van der Waals surface area contributed by atoms with Gasteiger partial charge in [-0.05, 0) is 58.0 Å². The summed E-state index contributed by atoms with van der Waals surface area (Å²) in [4.78, 5) is 2.43. The predicted octanol–water partition coefficient (Wildman–Crippen LogP) is 5.56. The Hall–Kier alpha value is -2.79. The molecule has 0 atom stereocenters. The van der Waals surface area contributed by atoms with Crippen LogP contribution in [0.15, 0.2) is 76.5 Å². The van der Waals surface area contributed by atoms with E-state index in [2.05, 4.69) is 83.9 Å². The molecule has 0 aliphatic heterocycles. The molecule has 5 heteroatoms. The first kappa shape index (κ1) is 18.6. The molecule has 0 unspecified atom stereocenters. The fourth-order valence-electron chi connectivity index (χ4n) is 3.56. The monoisotopic (exact) mass is 388 g/mol. The van der Waals surface area contributed by atoms with Crippen molar-refractivity contribution >= 4 is 11.8 Å². The molecule has 0 radical (unpaired) electrons. The summed E-state index contributed by atoms with van der Waals surface area (Å²) < 4.78 is 4.16. The molecule has 0 spiro atoms. The Labute approximate surface area is 170 Å². The van der Waals surface area contributed by atoms with E-state index in [0.717, 1.165) is 22.8 Å². The Morgan fingerprint density at radius 1 is 0.714 bits per heavy atom. The summed E-state index contributed by atoms with van der Waals surface area (Å²) in [5.74, 6) is 0. The van der Waals surface area contributed by atoms with E-state index >= 15 is 0 Å². The van der Waals surface area contributed by atoms with Crippen LogP contribution in [0.2, 0.25) is 0 Å². The summed E-state index contributed by atoms with van der Waals surface area (Å²) in [6.45, 7) is 8.27. The van der Waals surface area contributed by atoms with Crippen molar-refractivity contribution < 1.29 is 0 Å². The number of aryl methyl sites for hydroxylation is 4. The molecule has 0 aliphatic carbocycles. The molecule has 4 rings (SSSR count). The zero-order chi connectivity index (χ0) is 19.7. The quantitative estimate of drug-likeness (QED) is 0.449. The number of aromatic nitrogens is 4. The van der Waals surface area contributed by atoms with Crippen molar-refractivity contribution in [1.82, 2.24) is 19.6 Å². The third kappa shape index (κ3) is 3.62. The maximum atomic E-state index is 4.81. The highest BCUT2D eigenvalue weighted by atomic mass is 32.2.